The zero-order valence-corrected chi connectivity index (χ0v) is 13.0. The van der Waals surface area contributed by atoms with E-state index in [1.54, 1.807) is 0 Å². The van der Waals surface area contributed by atoms with Crippen LogP contribution in [0.4, 0.5) is 10.1 Å². The van der Waals surface area contributed by atoms with Crippen molar-refractivity contribution < 1.29 is 9.50 Å². The van der Waals surface area contributed by atoms with Crippen LogP contribution in [0.15, 0.2) is 36.4 Å². The van der Waals surface area contributed by atoms with Gasteiger partial charge in [0.2, 0.25) is 0 Å². The molecule has 0 saturated heterocycles. The Labute approximate surface area is 133 Å². The molecule has 0 aromatic heterocycles. The molecule has 2 nitrogen and oxygen atoms in total. The lowest BCUT2D eigenvalue weighted by Crippen LogP contribution is -2.08. The molecule has 2 aromatic rings. The van der Waals surface area contributed by atoms with E-state index in [0.29, 0.717) is 17.0 Å². The average Bonchev–Trinajstić information content (AvgIpc) is 2.46. The Morgan fingerprint density at radius 1 is 1.14 bits per heavy atom. The summed E-state index contributed by atoms with van der Waals surface area (Å²) < 4.78 is 13.6. The second kappa shape index (κ2) is 7.12. The van der Waals surface area contributed by atoms with E-state index < -0.39 is 5.82 Å². The molecule has 0 bridgehead atoms. The van der Waals surface area contributed by atoms with Gasteiger partial charge in [-0.1, -0.05) is 35.3 Å². The summed E-state index contributed by atoms with van der Waals surface area (Å²) >= 11 is 12.1. The van der Waals surface area contributed by atoms with E-state index in [0.717, 1.165) is 11.3 Å². The molecule has 112 valence electrons. The molecular formula is C16H16Cl2FNO. The molecule has 5 heteroatoms. The van der Waals surface area contributed by atoms with Crippen molar-refractivity contribution in [3.05, 3.63) is 63.4 Å². The van der Waals surface area contributed by atoms with Gasteiger partial charge >= 0.3 is 0 Å². The third kappa shape index (κ3) is 3.88. The van der Waals surface area contributed by atoms with Crippen molar-refractivity contribution in [3.63, 3.8) is 0 Å². The summed E-state index contributed by atoms with van der Waals surface area (Å²) in [5, 5.41) is 12.6. The van der Waals surface area contributed by atoms with Gasteiger partial charge in [-0.05, 0) is 43.2 Å². The normalized spacial score (nSPS) is 12.2. The van der Waals surface area contributed by atoms with E-state index >= 15 is 0 Å². The fourth-order valence-electron chi connectivity index (χ4n) is 2.16. The highest BCUT2D eigenvalue weighted by Crippen LogP contribution is 2.34. The summed E-state index contributed by atoms with van der Waals surface area (Å²) in [6.45, 7) is 1.99. The van der Waals surface area contributed by atoms with Crippen molar-refractivity contribution in [2.45, 2.75) is 19.4 Å². The SMILES string of the molecule is CC(Nc1ccc(CCO)cc1)c1c(Cl)ccc(F)c1Cl. The minimum atomic E-state index is -0.483. The Hall–Kier alpha value is -1.29. The molecule has 2 N–H and O–H groups in total. The summed E-state index contributed by atoms with van der Waals surface area (Å²) in [4.78, 5) is 0. The lowest BCUT2D eigenvalue weighted by Gasteiger charge is -2.19. The number of rotatable bonds is 5. The Morgan fingerprint density at radius 3 is 2.43 bits per heavy atom. The maximum absolute atomic E-state index is 13.6. The molecule has 0 aliphatic heterocycles. The van der Waals surface area contributed by atoms with Crippen LogP contribution in [0.1, 0.15) is 24.1 Å². The molecule has 1 unspecified atom stereocenters. The van der Waals surface area contributed by atoms with Crippen LogP contribution in [0.25, 0.3) is 0 Å². The molecular weight excluding hydrogens is 312 g/mol. The summed E-state index contributed by atoms with van der Waals surface area (Å²) in [6, 6.07) is 10.2. The van der Waals surface area contributed by atoms with Crippen molar-refractivity contribution in [1.29, 1.82) is 0 Å². The topological polar surface area (TPSA) is 32.3 Å². The van der Waals surface area contributed by atoms with Gasteiger partial charge in [0, 0.05) is 22.9 Å². The predicted octanol–water partition coefficient (Wildman–Crippen LogP) is 4.84. The number of benzene rings is 2. The molecule has 0 aliphatic rings. The van der Waals surface area contributed by atoms with Gasteiger partial charge in [0.05, 0.1) is 11.1 Å². The largest absolute Gasteiger partial charge is 0.396 e. The first kappa shape index (κ1) is 16.1. The summed E-state index contributed by atoms with van der Waals surface area (Å²) in [5.74, 6) is -0.483. The first-order valence-corrected chi connectivity index (χ1v) is 7.38. The zero-order valence-electron chi connectivity index (χ0n) is 11.5. The van der Waals surface area contributed by atoms with Crippen LogP contribution in [0.3, 0.4) is 0 Å². The first-order valence-electron chi connectivity index (χ1n) is 6.62. The molecule has 0 fully saturated rings. The van der Waals surface area contributed by atoms with Gasteiger partial charge in [-0.2, -0.15) is 0 Å². The van der Waals surface area contributed by atoms with Crippen LogP contribution in [0, 0.1) is 5.82 Å². The first-order chi connectivity index (χ1) is 10.0. The van der Waals surface area contributed by atoms with Crippen LogP contribution in [0.2, 0.25) is 10.0 Å². The number of aliphatic hydroxyl groups excluding tert-OH is 1. The molecule has 0 aliphatic carbocycles. The van der Waals surface area contributed by atoms with Gasteiger partial charge in [0.1, 0.15) is 5.82 Å². The van der Waals surface area contributed by atoms with Crippen molar-refractivity contribution in [3.8, 4) is 0 Å². The summed E-state index contributed by atoms with van der Waals surface area (Å²) in [6.07, 6.45) is 0.622. The third-order valence-corrected chi connectivity index (χ3v) is 3.96. The van der Waals surface area contributed by atoms with Gasteiger partial charge in [-0.3, -0.25) is 0 Å². The molecule has 2 rings (SSSR count). The fraction of sp³-hybridized carbons (Fsp3) is 0.250. The second-order valence-corrected chi connectivity index (χ2v) is 5.58. The van der Waals surface area contributed by atoms with Gasteiger partial charge in [0.25, 0.3) is 0 Å². The molecule has 21 heavy (non-hydrogen) atoms. The Kier molecular flexibility index (Phi) is 5.45. The molecule has 0 heterocycles. The van der Waals surface area contributed by atoms with Crippen molar-refractivity contribution in [2.24, 2.45) is 0 Å². The lowest BCUT2D eigenvalue weighted by atomic mass is 10.1. The third-order valence-electron chi connectivity index (χ3n) is 3.25. The van der Waals surface area contributed by atoms with E-state index in [1.165, 1.54) is 12.1 Å². The maximum Gasteiger partial charge on any atom is 0.142 e. The van der Waals surface area contributed by atoms with Gasteiger partial charge < -0.3 is 10.4 Å². The molecule has 2 aromatic carbocycles. The maximum atomic E-state index is 13.6. The minimum Gasteiger partial charge on any atom is -0.396 e. The predicted molar refractivity (Wildman–Crippen MR) is 85.7 cm³/mol. The zero-order chi connectivity index (χ0) is 15.4. The Morgan fingerprint density at radius 2 is 1.81 bits per heavy atom. The van der Waals surface area contributed by atoms with Crippen LogP contribution in [-0.2, 0) is 6.42 Å². The monoisotopic (exact) mass is 327 g/mol. The van der Waals surface area contributed by atoms with E-state index in [1.807, 2.05) is 31.2 Å². The quantitative estimate of drug-likeness (QED) is 0.770. The molecule has 0 radical (unpaired) electrons. The van der Waals surface area contributed by atoms with Crippen LogP contribution in [0.5, 0.6) is 0 Å². The van der Waals surface area contributed by atoms with Crippen LogP contribution < -0.4 is 5.32 Å². The van der Waals surface area contributed by atoms with E-state index in [2.05, 4.69) is 5.32 Å². The van der Waals surface area contributed by atoms with Crippen molar-refractivity contribution in [2.75, 3.05) is 11.9 Å². The summed E-state index contributed by atoms with van der Waals surface area (Å²) in [5.41, 5.74) is 2.47. The van der Waals surface area contributed by atoms with Gasteiger partial charge in [-0.15, -0.1) is 0 Å². The Balaban J connectivity index is 2.18. The van der Waals surface area contributed by atoms with E-state index in [9.17, 15) is 4.39 Å². The van der Waals surface area contributed by atoms with Gasteiger partial charge in [0.15, 0.2) is 0 Å². The molecule has 0 spiro atoms. The molecule has 0 saturated carbocycles. The number of aliphatic hydroxyl groups is 1. The number of halogens is 3. The summed E-state index contributed by atoms with van der Waals surface area (Å²) in [7, 11) is 0. The average molecular weight is 328 g/mol. The highest BCUT2D eigenvalue weighted by Gasteiger charge is 2.16. The van der Waals surface area contributed by atoms with E-state index in [-0.39, 0.29) is 17.7 Å². The highest BCUT2D eigenvalue weighted by atomic mass is 35.5. The Bertz CT molecular complexity index is 616. The number of nitrogens with one attached hydrogen (secondary N) is 1. The standard InChI is InChI=1S/C16H16Cl2FNO/c1-10(15-13(17)6-7-14(19)16(15)18)20-12-4-2-11(3-5-12)8-9-21/h2-7,10,20-21H,8-9H2,1H3. The fourth-order valence-corrected chi connectivity index (χ4v) is 2.86. The van der Waals surface area contributed by atoms with Crippen LogP contribution >= 0.6 is 23.2 Å². The number of anilines is 1. The highest BCUT2D eigenvalue weighted by molar-refractivity contribution is 6.36. The second-order valence-electron chi connectivity index (χ2n) is 4.79. The van der Waals surface area contributed by atoms with Crippen molar-refractivity contribution in [1.82, 2.24) is 0 Å². The number of hydrogen-bond donors (Lipinski definition) is 2. The minimum absolute atomic E-state index is 0.0411. The molecule has 1 atom stereocenters. The van der Waals surface area contributed by atoms with E-state index in [4.69, 9.17) is 28.3 Å². The van der Waals surface area contributed by atoms with Crippen LogP contribution in [-0.4, -0.2) is 11.7 Å². The van der Waals surface area contributed by atoms with Gasteiger partial charge in [-0.25, -0.2) is 4.39 Å². The lowest BCUT2D eigenvalue weighted by molar-refractivity contribution is 0.299. The number of hydrogen-bond acceptors (Lipinski definition) is 2. The molecule has 0 amide bonds. The van der Waals surface area contributed by atoms with Crippen molar-refractivity contribution >= 4 is 28.9 Å². The smallest absolute Gasteiger partial charge is 0.142 e.